The number of rotatable bonds is 10. The van der Waals surface area contributed by atoms with E-state index in [0.717, 1.165) is 6.54 Å². The molecule has 0 aliphatic carbocycles. The van der Waals surface area contributed by atoms with Gasteiger partial charge in [-0.05, 0) is 32.2 Å². The number of unbranched alkanes of at least 4 members (excludes halogenated alkanes) is 5. The number of allylic oxidation sites excluding steroid dienone is 2. The molecular weight excluding hydrogens is 182 g/mol. The van der Waals surface area contributed by atoms with E-state index in [1.54, 1.807) is 0 Å². The van der Waals surface area contributed by atoms with Gasteiger partial charge in [0.15, 0.2) is 0 Å². The lowest BCUT2D eigenvalue weighted by molar-refractivity contribution is 0.573. The third kappa shape index (κ3) is 13.7. The van der Waals surface area contributed by atoms with Crippen molar-refractivity contribution in [3.05, 3.63) is 12.2 Å². The van der Waals surface area contributed by atoms with Crippen molar-refractivity contribution in [1.29, 1.82) is 0 Å². The monoisotopic (exact) mass is 211 g/mol. The Bertz CT molecular complexity index is 138. The zero-order valence-electron chi connectivity index (χ0n) is 10.9. The van der Waals surface area contributed by atoms with Crippen molar-refractivity contribution in [3.8, 4) is 0 Å². The largest absolute Gasteiger partial charge is 0.315 e. The van der Waals surface area contributed by atoms with Gasteiger partial charge in [-0.25, -0.2) is 0 Å². The van der Waals surface area contributed by atoms with Crippen LogP contribution in [0, 0.1) is 0 Å². The normalized spacial score (nSPS) is 11.7. The van der Waals surface area contributed by atoms with Crippen molar-refractivity contribution in [2.75, 3.05) is 6.54 Å². The summed E-state index contributed by atoms with van der Waals surface area (Å²) in [5.74, 6) is 0. The van der Waals surface area contributed by atoms with Crippen LogP contribution in [0.15, 0.2) is 12.2 Å². The lowest BCUT2D eigenvalue weighted by Crippen LogP contribution is -2.23. The highest BCUT2D eigenvalue weighted by molar-refractivity contribution is 4.81. The maximum atomic E-state index is 3.43. The Morgan fingerprint density at radius 1 is 0.933 bits per heavy atom. The van der Waals surface area contributed by atoms with Gasteiger partial charge in [0.1, 0.15) is 0 Å². The van der Waals surface area contributed by atoms with Crippen molar-refractivity contribution in [3.63, 3.8) is 0 Å². The zero-order valence-corrected chi connectivity index (χ0v) is 10.9. The van der Waals surface area contributed by atoms with E-state index >= 15 is 0 Å². The maximum Gasteiger partial charge on any atom is 0.00103 e. The van der Waals surface area contributed by atoms with Gasteiger partial charge in [0.2, 0.25) is 0 Å². The van der Waals surface area contributed by atoms with Gasteiger partial charge >= 0.3 is 0 Å². The zero-order chi connectivity index (χ0) is 11.4. The second-order valence-electron chi connectivity index (χ2n) is 4.57. The van der Waals surface area contributed by atoms with E-state index in [9.17, 15) is 0 Å². The molecule has 0 heterocycles. The average molecular weight is 211 g/mol. The van der Waals surface area contributed by atoms with E-state index in [1.165, 1.54) is 44.9 Å². The van der Waals surface area contributed by atoms with Crippen molar-refractivity contribution < 1.29 is 0 Å². The topological polar surface area (TPSA) is 12.0 Å². The van der Waals surface area contributed by atoms with Crippen LogP contribution < -0.4 is 5.32 Å². The summed E-state index contributed by atoms with van der Waals surface area (Å²) in [6, 6.07) is 0.628. The highest BCUT2D eigenvalue weighted by atomic mass is 14.9. The molecule has 1 heteroatoms. The van der Waals surface area contributed by atoms with Crippen LogP contribution in [0.3, 0.4) is 0 Å². The minimum atomic E-state index is 0.628. The quantitative estimate of drug-likeness (QED) is 0.420. The summed E-state index contributed by atoms with van der Waals surface area (Å²) in [5.41, 5.74) is 0. The van der Waals surface area contributed by atoms with Crippen LogP contribution in [0.5, 0.6) is 0 Å². The van der Waals surface area contributed by atoms with E-state index in [4.69, 9.17) is 0 Å². The van der Waals surface area contributed by atoms with Crippen LogP contribution in [0.1, 0.15) is 65.7 Å². The first-order chi connectivity index (χ1) is 7.27. The minimum Gasteiger partial charge on any atom is -0.315 e. The van der Waals surface area contributed by atoms with Gasteiger partial charge < -0.3 is 5.32 Å². The molecule has 0 aromatic heterocycles. The summed E-state index contributed by atoms with van der Waals surface area (Å²) in [6.45, 7) is 7.81. The van der Waals surface area contributed by atoms with Gasteiger partial charge in [0, 0.05) is 6.04 Å². The van der Waals surface area contributed by atoms with Gasteiger partial charge in [0.05, 0.1) is 0 Å². The Balaban J connectivity index is 3.04. The predicted molar refractivity (Wildman–Crippen MR) is 70.3 cm³/mol. The van der Waals surface area contributed by atoms with Crippen LogP contribution in [-0.2, 0) is 0 Å². The van der Waals surface area contributed by atoms with Crippen LogP contribution in [-0.4, -0.2) is 12.6 Å². The molecule has 1 nitrogen and oxygen atoms in total. The fourth-order valence-corrected chi connectivity index (χ4v) is 1.54. The van der Waals surface area contributed by atoms with Crippen LogP contribution in [0.25, 0.3) is 0 Å². The van der Waals surface area contributed by atoms with Crippen molar-refractivity contribution in [2.45, 2.75) is 71.8 Å². The molecule has 0 unspecified atom stereocenters. The molecule has 0 fully saturated rings. The Kier molecular flexibility index (Phi) is 11.5. The molecule has 0 aliphatic heterocycles. The van der Waals surface area contributed by atoms with Gasteiger partial charge in [0.25, 0.3) is 0 Å². The lowest BCUT2D eigenvalue weighted by atomic mass is 10.1. The fraction of sp³-hybridized carbons (Fsp3) is 0.857. The lowest BCUT2D eigenvalue weighted by Gasteiger charge is -2.05. The van der Waals surface area contributed by atoms with Crippen molar-refractivity contribution in [2.24, 2.45) is 0 Å². The molecule has 1 N–H and O–H groups in total. The standard InChI is InChI=1S/C14H29N/c1-4-5-6-7-8-9-10-11-12-13-15-14(2)3/h9-10,14-15H,4-8,11-13H2,1-3H3/b10-9-. The summed E-state index contributed by atoms with van der Waals surface area (Å²) in [4.78, 5) is 0. The van der Waals surface area contributed by atoms with E-state index < -0.39 is 0 Å². The second-order valence-corrected chi connectivity index (χ2v) is 4.57. The molecule has 0 atom stereocenters. The molecular formula is C14H29N. The first-order valence-electron chi connectivity index (χ1n) is 6.65. The van der Waals surface area contributed by atoms with E-state index in [-0.39, 0.29) is 0 Å². The number of hydrogen-bond donors (Lipinski definition) is 1. The summed E-state index contributed by atoms with van der Waals surface area (Å²) in [6.07, 6.45) is 14.0. The second kappa shape index (κ2) is 11.8. The van der Waals surface area contributed by atoms with Crippen molar-refractivity contribution in [1.82, 2.24) is 5.32 Å². The fourth-order valence-electron chi connectivity index (χ4n) is 1.54. The van der Waals surface area contributed by atoms with Crippen LogP contribution in [0.2, 0.25) is 0 Å². The van der Waals surface area contributed by atoms with Crippen LogP contribution in [0.4, 0.5) is 0 Å². The molecule has 0 amide bonds. The molecule has 0 aromatic carbocycles. The average Bonchev–Trinajstić information content (AvgIpc) is 2.20. The molecule has 0 bridgehead atoms. The van der Waals surface area contributed by atoms with E-state index in [0.29, 0.717) is 6.04 Å². The summed E-state index contributed by atoms with van der Waals surface area (Å²) >= 11 is 0. The summed E-state index contributed by atoms with van der Waals surface area (Å²) < 4.78 is 0. The smallest absolute Gasteiger partial charge is 0.00103 e. The van der Waals surface area contributed by atoms with Gasteiger partial charge in [-0.15, -0.1) is 0 Å². The van der Waals surface area contributed by atoms with E-state index in [2.05, 4.69) is 38.2 Å². The Labute approximate surface area is 96.3 Å². The molecule has 0 saturated carbocycles. The minimum absolute atomic E-state index is 0.628. The van der Waals surface area contributed by atoms with E-state index in [1.807, 2.05) is 0 Å². The molecule has 15 heavy (non-hydrogen) atoms. The predicted octanol–water partition coefficient (Wildman–Crippen LogP) is 4.29. The maximum absolute atomic E-state index is 3.43. The van der Waals surface area contributed by atoms with Gasteiger partial charge in [-0.3, -0.25) is 0 Å². The summed E-state index contributed by atoms with van der Waals surface area (Å²) in [5, 5.41) is 3.43. The molecule has 0 saturated heterocycles. The van der Waals surface area contributed by atoms with Crippen LogP contribution >= 0.6 is 0 Å². The molecule has 0 aliphatic rings. The molecule has 0 spiro atoms. The Morgan fingerprint density at radius 2 is 1.60 bits per heavy atom. The molecule has 0 aromatic rings. The first kappa shape index (κ1) is 14.7. The van der Waals surface area contributed by atoms with Crippen molar-refractivity contribution >= 4 is 0 Å². The highest BCUT2D eigenvalue weighted by Gasteiger charge is 1.89. The summed E-state index contributed by atoms with van der Waals surface area (Å²) in [7, 11) is 0. The van der Waals surface area contributed by atoms with Gasteiger partial charge in [-0.1, -0.05) is 52.2 Å². The Morgan fingerprint density at radius 3 is 2.20 bits per heavy atom. The molecule has 0 rings (SSSR count). The van der Waals surface area contributed by atoms with Gasteiger partial charge in [-0.2, -0.15) is 0 Å². The SMILES string of the molecule is CCCCCC/C=C\CCCNC(C)C. The Hall–Kier alpha value is -0.300. The number of nitrogens with one attached hydrogen (secondary N) is 1. The third-order valence-corrected chi connectivity index (χ3v) is 2.49. The number of hydrogen-bond acceptors (Lipinski definition) is 1. The highest BCUT2D eigenvalue weighted by Crippen LogP contribution is 2.03. The first-order valence-corrected chi connectivity index (χ1v) is 6.65. The molecule has 0 radical (unpaired) electrons. The molecule has 90 valence electrons. The third-order valence-electron chi connectivity index (χ3n) is 2.49.